The minimum Gasteiger partial charge on any atom is -0.384 e. The second-order valence-electron chi connectivity index (χ2n) is 4.47. The predicted molar refractivity (Wildman–Crippen MR) is 71.9 cm³/mol. The van der Waals surface area contributed by atoms with Crippen molar-refractivity contribution in [2.24, 2.45) is 0 Å². The quantitative estimate of drug-likeness (QED) is 0.881. The number of nitrogens with zero attached hydrogens (tertiary/aromatic N) is 2. The maximum absolute atomic E-state index is 11.6. The van der Waals surface area contributed by atoms with Gasteiger partial charge >= 0.3 is 0 Å². The highest BCUT2D eigenvalue weighted by Crippen LogP contribution is 2.20. The van der Waals surface area contributed by atoms with Gasteiger partial charge in [0, 0.05) is 36.9 Å². The number of carbonyl (C=O) groups excluding carboxylic acids is 1. The summed E-state index contributed by atoms with van der Waals surface area (Å²) >= 11 is 5.96. The molecule has 5 heteroatoms. The number of benzene rings is 1. The molecule has 1 N–H and O–H groups in total. The molecule has 0 spiro atoms. The fourth-order valence-electron chi connectivity index (χ4n) is 2.12. The molecule has 0 aromatic heterocycles. The van der Waals surface area contributed by atoms with Crippen molar-refractivity contribution in [2.45, 2.75) is 13.0 Å². The van der Waals surface area contributed by atoms with Crippen molar-refractivity contribution >= 4 is 23.2 Å². The van der Waals surface area contributed by atoms with Crippen molar-refractivity contribution in [1.29, 1.82) is 0 Å². The number of piperazine rings is 1. The fourth-order valence-corrected chi connectivity index (χ4v) is 2.31. The third-order valence-electron chi connectivity index (χ3n) is 3.12. The van der Waals surface area contributed by atoms with E-state index in [2.05, 4.69) is 4.90 Å². The van der Waals surface area contributed by atoms with Crippen LogP contribution in [-0.2, 0) is 4.79 Å². The standard InChI is InChI=1S/C13H17ClN2O2/c1-10(17)13(18)16-7-5-15(6-8-16)12-4-2-3-11(14)9-12/h2-4,9-10,17H,5-8H2,1H3. The maximum Gasteiger partial charge on any atom is 0.251 e. The molecule has 1 atom stereocenters. The van der Waals surface area contributed by atoms with Gasteiger partial charge in [-0.25, -0.2) is 0 Å². The van der Waals surface area contributed by atoms with Crippen molar-refractivity contribution in [3.63, 3.8) is 0 Å². The highest BCUT2D eigenvalue weighted by molar-refractivity contribution is 6.30. The summed E-state index contributed by atoms with van der Waals surface area (Å²) in [7, 11) is 0. The number of hydrogen-bond donors (Lipinski definition) is 1. The molecule has 0 radical (unpaired) electrons. The van der Waals surface area contributed by atoms with Gasteiger partial charge in [-0.15, -0.1) is 0 Å². The van der Waals surface area contributed by atoms with E-state index in [0.29, 0.717) is 13.1 Å². The lowest BCUT2D eigenvalue weighted by molar-refractivity contribution is -0.139. The Kier molecular flexibility index (Phi) is 4.09. The number of aliphatic hydroxyl groups is 1. The van der Waals surface area contributed by atoms with Gasteiger partial charge in [-0.3, -0.25) is 4.79 Å². The molecule has 0 bridgehead atoms. The van der Waals surface area contributed by atoms with E-state index in [1.807, 2.05) is 24.3 Å². The molecule has 18 heavy (non-hydrogen) atoms. The Balaban J connectivity index is 1.96. The van der Waals surface area contributed by atoms with Crippen LogP contribution in [0.4, 0.5) is 5.69 Å². The van der Waals surface area contributed by atoms with E-state index >= 15 is 0 Å². The third-order valence-corrected chi connectivity index (χ3v) is 3.36. The summed E-state index contributed by atoms with van der Waals surface area (Å²) in [5.41, 5.74) is 1.08. The zero-order valence-corrected chi connectivity index (χ0v) is 11.1. The molecule has 1 heterocycles. The summed E-state index contributed by atoms with van der Waals surface area (Å²) in [6, 6.07) is 7.70. The van der Waals surface area contributed by atoms with Crippen LogP contribution in [0.5, 0.6) is 0 Å². The molecule has 4 nitrogen and oxygen atoms in total. The molecule has 1 saturated heterocycles. The van der Waals surface area contributed by atoms with E-state index in [9.17, 15) is 9.90 Å². The lowest BCUT2D eigenvalue weighted by atomic mass is 10.2. The summed E-state index contributed by atoms with van der Waals surface area (Å²) in [5.74, 6) is -0.194. The van der Waals surface area contributed by atoms with Gasteiger partial charge < -0.3 is 14.9 Å². The van der Waals surface area contributed by atoms with Gasteiger partial charge in [0.2, 0.25) is 0 Å². The van der Waals surface area contributed by atoms with Crippen LogP contribution in [0, 0.1) is 0 Å². The van der Waals surface area contributed by atoms with Crippen LogP contribution in [0.15, 0.2) is 24.3 Å². The van der Waals surface area contributed by atoms with Crippen molar-refractivity contribution in [2.75, 3.05) is 31.1 Å². The first kappa shape index (κ1) is 13.2. The Labute approximate surface area is 112 Å². The van der Waals surface area contributed by atoms with Crippen LogP contribution in [0.1, 0.15) is 6.92 Å². The SMILES string of the molecule is CC(O)C(=O)N1CCN(c2cccc(Cl)c2)CC1. The predicted octanol–water partition coefficient (Wildman–Crippen LogP) is 1.37. The summed E-state index contributed by atoms with van der Waals surface area (Å²) < 4.78 is 0. The molecule has 98 valence electrons. The highest BCUT2D eigenvalue weighted by Gasteiger charge is 2.23. The Morgan fingerprint density at radius 1 is 1.33 bits per heavy atom. The van der Waals surface area contributed by atoms with Crippen LogP contribution >= 0.6 is 11.6 Å². The van der Waals surface area contributed by atoms with Crippen LogP contribution < -0.4 is 4.90 Å². The van der Waals surface area contributed by atoms with Crippen LogP contribution in [0.2, 0.25) is 5.02 Å². The Hall–Kier alpha value is -1.26. The van der Waals surface area contributed by atoms with E-state index in [1.54, 1.807) is 4.90 Å². The summed E-state index contributed by atoms with van der Waals surface area (Å²) in [6.45, 7) is 4.30. The Morgan fingerprint density at radius 3 is 2.56 bits per heavy atom. The van der Waals surface area contributed by atoms with Gasteiger partial charge in [0.1, 0.15) is 6.10 Å². The van der Waals surface area contributed by atoms with Crippen molar-refractivity contribution in [3.8, 4) is 0 Å². The number of amides is 1. The summed E-state index contributed by atoms with van der Waals surface area (Å²) in [6.07, 6.45) is -0.914. The number of rotatable bonds is 2. The van der Waals surface area contributed by atoms with E-state index in [1.165, 1.54) is 6.92 Å². The average Bonchev–Trinajstić information content (AvgIpc) is 2.38. The lowest BCUT2D eigenvalue weighted by Gasteiger charge is -2.36. The van der Waals surface area contributed by atoms with E-state index < -0.39 is 6.10 Å². The Morgan fingerprint density at radius 2 is 2.00 bits per heavy atom. The molecular weight excluding hydrogens is 252 g/mol. The molecule has 1 amide bonds. The largest absolute Gasteiger partial charge is 0.384 e. The number of aliphatic hydroxyl groups excluding tert-OH is 1. The topological polar surface area (TPSA) is 43.8 Å². The first-order chi connectivity index (χ1) is 8.58. The summed E-state index contributed by atoms with van der Waals surface area (Å²) in [5, 5.41) is 9.99. The highest BCUT2D eigenvalue weighted by atomic mass is 35.5. The van der Waals surface area contributed by atoms with E-state index in [0.717, 1.165) is 23.8 Å². The molecule has 1 unspecified atom stereocenters. The fraction of sp³-hybridized carbons (Fsp3) is 0.462. The first-order valence-electron chi connectivity index (χ1n) is 6.05. The van der Waals surface area contributed by atoms with Crippen LogP contribution in [0.3, 0.4) is 0 Å². The molecule has 1 aromatic rings. The molecular formula is C13H17ClN2O2. The van der Waals surface area contributed by atoms with Crippen LogP contribution in [0.25, 0.3) is 0 Å². The molecule has 2 rings (SSSR count). The van der Waals surface area contributed by atoms with Crippen molar-refractivity contribution < 1.29 is 9.90 Å². The normalized spacial score (nSPS) is 17.7. The van der Waals surface area contributed by atoms with E-state index in [4.69, 9.17) is 11.6 Å². The number of carbonyl (C=O) groups is 1. The van der Waals surface area contributed by atoms with Gasteiger partial charge in [0.25, 0.3) is 5.91 Å². The number of hydrogen-bond acceptors (Lipinski definition) is 3. The molecule has 1 aliphatic rings. The first-order valence-corrected chi connectivity index (χ1v) is 6.43. The van der Waals surface area contributed by atoms with Crippen LogP contribution in [-0.4, -0.2) is 48.2 Å². The van der Waals surface area contributed by atoms with E-state index in [-0.39, 0.29) is 5.91 Å². The minimum atomic E-state index is -0.914. The van der Waals surface area contributed by atoms with Gasteiger partial charge in [0.15, 0.2) is 0 Å². The average molecular weight is 269 g/mol. The zero-order valence-electron chi connectivity index (χ0n) is 10.3. The maximum atomic E-state index is 11.6. The van der Waals surface area contributed by atoms with Gasteiger partial charge in [0.05, 0.1) is 0 Å². The minimum absolute atomic E-state index is 0.194. The molecule has 1 aromatic carbocycles. The second-order valence-corrected chi connectivity index (χ2v) is 4.90. The molecule has 0 saturated carbocycles. The Bertz CT molecular complexity index is 429. The second kappa shape index (κ2) is 5.59. The zero-order chi connectivity index (χ0) is 13.1. The van der Waals surface area contributed by atoms with Crippen molar-refractivity contribution in [1.82, 2.24) is 4.90 Å². The summed E-state index contributed by atoms with van der Waals surface area (Å²) in [4.78, 5) is 15.5. The van der Waals surface area contributed by atoms with Gasteiger partial charge in [-0.2, -0.15) is 0 Å². The molecule has 0 aliphatic carbocycles. The van der Waals surface area contributed by atoms with Crippen molar-refractivity contribution in [3.05, 3.63) is 29.3 Å². The third kappa shape index (κ3) is 2.94. The monoisotopic (exact) mass is 268 g/mol. The smallest absolute Gasteiger partial charge is 0.251 e. The number of halogens is 1. The molecule has 1 fully saturated rings. The van der Waals surface area contributed by atoms with Gasteiger partial charge in [-0.1, -0.05) is 17.7 Å². The van der Waals surface area contributed by atoms with Gasteiger partial charge in [-0.05, 0) is 25.1 Å². The molecule has 1 aliphatic heterocycles. The lowest BCUT2D eigenvalue weighted by Crippen LogP contribution is -2.51. The number of anilines is 1.